The van der Waals surface area contributed by atoms with E-state index in [0.29, 0.717) is 17.0 Å². The molecule has 4 heterocycles. The highest BCUT2D eigenvalue weighted by Crippen LogP contribution is 2.45. The van der Waals surface area contributed by atoms with Gasteiger partial charge >= 0.3 is 5.97 Å². The van der Waals surface area contributed by atoms with Crippen LogP contribution in [0.2, 0.25) is 0 Å². The fourth-order valence-corrected chi connectivity index (χ4v) is 4.23. The average Bonchev–Trinajstić information content (AvgIpc) is 3.10. The Bertz CT molecular complexity index is 1280. The summed E-state index contributed by atoms with van der Waals surface area (Å²) in [4.78, 5) is 30.0. The molecule has 0 saturated heterocycles. The van der Waals surface area contributed by atoms with Gasteiger partial charge in [0, 0.05) is 10.9 Å². The highest BCUT2D eigenvalue weighted by atomic mass is 16.6. The number of fused-ring (bicyclic) bond motifs is 5. The number of nitrogens with zero attached hydrogens (tertiary/aromatic N) is 2. The Morgan fingerprint density at radius 1 is 1.31 bits per heavy atom. The number of cyclic esters (lactones) is 1. The van der Waals surface area contributed by atoms with Crippen molar-refractivity contribution in [2.24, 2.45) is 0 Å². The van der Waals surface area contributed by atoms with Crippen molar-refractivity contribution in [1.82, 2.24) is 9.55 Å². The van der Waals surface area contributed by atoms with E-state index in [-0.39, 0.29) is 42.1 Å². The number of hydrogen-bond donors (Lipinski definition) is 2. The molecule has 2 aliphatic rings. The first kappa shape index (κ1) is 17.7. The van der Waals surface area contributed by atoms with E-state index in [1.54, 1.807) is 26.2 Å². The van der Waals surface area contributed by atoms with Gasteiger partial charge in [0.05, 0.1) is 36.0 Å². The lowest BCUT2D eigenvalue weighted by Gasteiger charge is -2.32. The van der Waals surface area contributed by atoms with Gasteiger partial charge in [-0.25, -0.2) is 9.78 Å². The molecule has 8 heteroatoms. The van der Waals surface area contributed by atoms with Crippen LogP contribution in [0.5, 0.6) is 11.5 Å². The lowest BCUT2D eigenvalue weighted by molar-refractivity contribution is -0.172. The number of methoxy groups -OCH3 is 1. The lowest BCUT2D eigenvalue weighted by atomic mass is 9.85. The van der Waals surface area contributed by atoms with Crippen molar-refractivity contribution in [2.75, 3.05) is 7.11 Å². The molecule has 8 nitrogen and oxygen atoms in total. The maximum atomic E-state index is 13.1. The molecule has 0 unspecified atom stereocenters. The van der Waals surface area contributed by atoms with E-state index in [4.69, 9.17) is 9.47 Å². The maximum absolute atomic E-state index is 13.1. The standard InChI is InChI=1S/C21H18N2O6/c1-3-21(27)15-13(9-29-20(21)26)19(25)23-8-11-6-10-7-12(28-2)4-5-14(10)22-16(11)17(23)18(15)24/h4-7,24,27H,3,8-9H2,1-2H3/t21-/m0/s1. The first-order valence-corrected chi connectivity index (χ1v) is 9.25. The van der Waals surface area contributed by atoms with Crippen LogP contribution in [0.4, 0.5) is 0 Å². The van der Waals surface area contributed by atoms with Crippen molar-refractivity contribution in [2.45, 2.75) is 32.1 Å². The second kappa shape index (κ2) is 5.81. The number of aliphatic hydroxyl groups is 1. The minimum absolute atomic E-state index is 0.0346. The summed E-state index contributed by atoms with van der Waals surface area (Å²) in [7, 11) is 1.58. The average molecular weight is 394 g/mol. The highest BCUT2D eigenvalue weighted by molar-refractivity contribution is 5.89. The largest absolute Gasteiger partial charge is 0.505 e. The fraction of sp³-hybridized carbons (Fsp3) is 0.286. The van der Waals surface area contributed by atoms with Crippen LogP contribution >= 0.6 is 0 Å². The maximum Gasteiger partial charge on any atom is 0.343 e. The molecule has 0 fully saturated rings. The molecule has 0 spiro atoms. The van der Waals surface area contributed by atoms with Crippen LogP contribution in [-0.2, 0) is 28.3 Å². The molecule has 5 rings (SSSR count). The third kappa shape index (κ3) is 2.20. The Balaban J connectivity index is 1.82. The second-order valence-electron chi connectivity index (χ2n) is 7.29. The molecule has 2 aromatic heterocycles. The molecule has 2 N–H and O–H groups in total. The number of hydrogen-bond acceptors (Lipinski definition) is 7. The van der Waals surface area contributed by atoms with Gasteiger partial charge in [-0.15, -0.1) is 0 Å². The van der Waals surface area contributed by atoms with E-state index in [0.717, 1.165) is 10.9 Å². The van der Waals surface area contributed by atoms with Crippen molar-refractivity contribution < 1.29 is 24.5 Å². The molecule has 1 aromatic carbocycles. The summed E-state index contributed by atoms with van der Waals surface area (Å²) in [6.07, 6.45) is -0.0346. The SMILES string of the molecule is CC[C@@]1(O)C(=O)OCc2c1c(O)c1n(c2=O)Cc2cc3cc(OC)ccc3nc2-1. The zero-order valence-corrected chi connectivity index (χ0v) is 15.9. The zero-order chi connectivity index (χ0) is 20.5. The first-order chi connectivity index (χ1) is 13.9. The normalized spacial score (nSPS) is 19.5. The molecular formula is C21H18N2O6. The number of ether oxygens (including phenoxy) is 2. The number of carbonyl (C=O) groups excluding carboxylic acids is 1. The van der Waals surface area contributed by atoms with Gasteiger partial charge in [0.15, 0.2) is 5.60 Å². The monoisotopic (exact) mass is 394 g/mol. The van der Waals surface area contributed by atoms with Gasteiger partial charge in [-0.2, -0.15) is 0 Å². The number of aromatic hydroxyl groups is 1. The topological polar surface area (TPSA) is 111 Å². The Hall–Kier alpha value is -3.39. The van der Waals surface area contributed by atoms with Crippen molar-refractivity contribution in [3.05, 3.63) is 51.3 Å². The van der Waals surface area contributed by atoms with Gasteiger partial charge in [-0.3, -0.25) is 9.36 Å². The number of carbonyl (C=O) groups is 1. The second-order valence-corrected chi connectivity index (χ2v) is 7.29. The van der Waals surface area contributed by atoms with Gasteiger partial charge in [-0.1, -0.05) is 6.92 Å². The predicted molar refractivity (Wildman–Crippen MR) is 103 cm³/mol. The van der Waals surface area contributed by atoms with Crippen LogP contribution in [0.25, 0.3) is 22.3 Å². The van der Waals surface area contributed by atoms with E-state index in [2.05, 4.69) is 4.98 Å². The molecule has 29 heavy (non-hydrogen) atoms. The van der Waals surface area contributed by atoms with Crippen molar-refractivity contribution >= 4 is 16.9 Å². The number of pyridine rings is 2. The van der Waals surface area contributed by atoms with Gasteiger partial charge in [-0.05, 0) is 30.7 Å². The van der Waals surface area contributed by atoms with Crippen LogP contribution < -0.4 is 10.3 Å². The summed E-state index contributed by atoms with van der Waals surface area (Å²) in [5, 5.41) is 22.8. The molecule has 0 amide bonds. The fourth-order valence-electron chi connectivity index (χ4n) is 4.23. The predicted octanol–water partition coefficient (Wildman–Crippen LogP) is 1.79. The Morgan fingerprint density at radius 2 is 2.10 bits per heavy atom. The van der Waals surface area contributed by atoms with Crippen LogP contribution in [0.1, 0.15) is 30.0 Å². The van der Waals surface area contributed by atoms with Gasteiger partial charge in [0.2, 0.25) is 0 Å². The summed E-state index contributed by atoms with van der Waals surface area (Å²) < 4.78 is 11.7. The van der Waals surface area contributed by atoms with E-state index in [1.165, 1.54) is 4.57 Å². The molecule has 3 aromatic rings. The van der Waals surface area contributed by atoms with Gasteiger partial charge in [0.1, 0.15) is 23.8 Å². The third-order valence-electron chi connectivity index (χ3n) is 5.80. The molecular weight excluding hydrogens is 376 g/mol. The van der Waals surface area contributed by atoms with Crippen molar-refractivity contribution in [1.29, 1.82) is 0 Å². The molecule has 1 atom stereocenters. The van der Waals surface area contributed by atoms with Crippen molar-refractivity contribution in [3.8, 4) is 22.9 Å². The summed E-state index contributed by atoms with van der Waals surface area (Å²) in [6.45, 7) is 1.53. The summed E-state index contributed by atoms with van der Waals surface area (Å²) >= 11 is 0. The molecule has 0 radical (unpaired) electrons. The number of benzene rings is 1. The molecule has 2 aliphatic heterocycles. The molecule has 0 aliphatic carbocycles. The Labute approximate surface area is 165 Å². The summed E-state index contributed by atoms with van der Waals surface area (Å²) in [5.41, 5.74) is -0.363. The van der Waals surface area contributed by atoms with Crippen LogP contribution in [-0.4, -0.2) is 32.8 Å². The number of aromatic nitrogens is 2. The Morgan fingerprint density at radius 3 is 2.83 bits per heavy atom. The van der Waals surface area contributed by atoms with E-state index >= 15 is 0 Å². The van der Waals surface area contributed by atoms with E-state index in [1.807, 2.05) is 12.1 Å². The van der Waals surface area contributed by atoms with Gasteiger partial charge < -0.3 is 19.7 Å². The molecule has 0 saturated carbocycles. The van der Waals surface area contributed by atoms with Crippen LogP contribution in [0.15, 0.2) is 29.1 Å². The summed E-state index contributed by atoms with van der Waals surface area (Å²) in [5.74, 6) is -0.488. The molecule has 0 bridgehead atoms. The van der Waals surface area contributed by atoms with E-state index < -0.39 is 17.1 Å². The smallest absolute Gasteiger partial charge is 0.343 e. The first-order valence-electron chi connectivity index (χ1n) is 9.25. The number of esters is 1. The third-order valence-corrected chi connectivity index (χ3v) is 5.80. The number of rotatable bonds is 2. The molecule has 148 valence electrons. The minimum atomic E-state index is -2.07. The lowest BCUT2D eigenvalue weighted by Crippen LogP contribution is -2.44. The quantitative estimate of drug-likeness (QED) is 0.499. The highest BCUT2D eigenvalue weighted by Gasteiger charge is 2.48. The minimum Gasteiger partial charge on any atom is -0.505 e. The zero-order valence-electron chi connectivity index (χ0n) is 15.9. The summed E-state index contributed by atoms with van der Waals surface area (Å²) in [6, 6.07) is 7.33. The van der Waals surface area contributed by atoms with Crippen LogP contribution in [0, 0.1) is 0 Å². The van der Waals surface area contributed by atoms with E-state index in [9.17, 15) is 19.8 Å². The Kier molecular flexibility index (Phi) is 3.54. The van der Waals surface area contributed by atoms with Gasteiger partial charge in [0.25, 0.3) is 5.56 Å². The van der Waals surface area contributed by atoms with Crippen molar-refractivity contribution in [3.63, 3.8) is 0 Å². The van der Waals surface area contributed by atoms with Crippen LogP contribution in [0.3, 0.4) is 0 Å².